The summed E-state index contributed by atoms with van der Waals surface area (Å²) in [4.78, 5) is 17.1. The number of thiazole rings is 1. The average Bonchev–Trinajstić information content (AvgIpc) is 2.64. The monoisotopic (exact) mass is 290 g/mol. The Morgan fingerprint density at radius 3 is 2.50 bits per heavy atom. The van der Waals surface area contributed by atoms with Gasteiger partial charge in [-0.15, -0.1) is 0 Å². The normalized spacial score (nSPS) is 13.4. The zero-order valence-electron chi connectivity index (χ0n) is 13.0. The van der Waals surface area contributed by atoms with Gasteiger partial charge < -0.3 is 4.57 Å². The molecule has 0 bridgehead atoms. The largest absolute Gasteiger partial charge is 0.319 e. The Hall–Kier alpha value is -1.42. The van der Waals surface area contributed by atoms with E-state index in [0.717, 1.165) is 10.3 Å². The molecule has 1 aromatic heterocycles. The molecule has 0 unspecified atom stereocenters. The van der Waals surface area contributed by atoms with Crippen molar-refractivity contribution in [3.63, 3.8) is 0 Å². The van der Waals surface area contributed by atoms with Gasteiger partial charge in [0.15, 0.2) is 4.80 Å². The lowest BCUT2D eigenvalue weighted by Gasteiger charge is -2.11. The molecule has 4 heteroatoms. The molecular weight excluding hydrogens is 268 g/mol. The molecule has 2 rings (SSSR count). The second-order valence-electron chi connectivity index (χ2n) is 6.49. The van der Waals surface area contributed by atoms with E-state index in [0.29, 0.717) is 5.92 Å². The molecule has 20 heavy (non-hydrogen) atoms. The van der Waals surface area contributed by atoms with Crippen LogP contribution in [0, 0.1) is 5.41 Å². The van der Waals surface area contributed by atoms with E-state index in [-0.39, 0.29) is 5.91 Å². The molecule has 0 atom stereocenters. The minimum Gasteiger partial charge on any atom is -0.319 e. The number of nitrogens with zero attached hydrogens (tertiary/aromatic N) is 2. The SMILES string of the molecule is CC(C)c1ccc2c(c1)sc(=NC(=O)C(C)(C)C)n2C. The molecule has 0 spiro atoms. The highest BCUT2D eigenvalue weighted by Crippen LogP contribution is 2.23. The van der Waals surface area contributed by atoms with Gasteiger partial charge in [-0.1, -0.05) is 52.0 Å². The Labute approximate surface area is 124 Å². The van der Waals surface area contributed by atoms with E-state index >= 15 is 0 Å². The van der Waals surface area contributed by atoms with Gasteiger partial charge in [-0.05, 0) is 23.6 Å². The van der Waals surface area contributed by atoms with Crippen molar-refractivity contribution in [2.75, 3.05) is 0 Å². The van der Waals surface area contributed by atoms with Crippen molar-refractivity contribution < 1.29 is 4.79 Å². The van der Waals surface area contributed by atoms with E-state index in [1.54, 1.807) is 11.3 Å². The number of rotatable bonds is 1. The summed E-state index contributed by atoms with van der Waals surface area (Å²) >= 11 is 1.58. The molecule has 0 N–H and O–H groups in total. The first kappa shape index (κ1) is 15.0. The Balaban J connectivity index is 2.59. The fourth-order valence-corrected chi connectivity index (χ4v) is 2.94. The summed E-state index contributed by atoms with van der Waals surface area (Å²) in [6.45, 7) is 10.0. The molecule has 1 amide bonds. The van der Waals surface area contributed by atoms with Crippen LogP contribution in [0.4, 0.5) is 0 Å². The zero-order chi connectivity index (χ0) is 15.1. The number of aryl methyl sites for hydroxylation is 1. The third kappa shape index (κ3) is 2.85. The van der Waals surface area contributed by atoms with Gasteiger partial charge in [-0.3, -0.25) is 4.79 Å². The van der Waals surface area contributed by atoms with Gasteiger partial charge in [0.25, 0.3) is 5.91 Å². The molecule has 0 aliphatic carbocycles. The van der Waals surface area contributed by atoms with Gasteiger partial charge in [0, 0.05) is 12.5 Å². The van der Waals surface area contributed by atoms with Crippen molar-refractivity contribution in [2.24, 2.45) is 17.5 Å². The maximum atomic E-state index is 12.1. The third-order valence-corrected chi connectivity index (χ3v) is 4.43. The van der Waals surface area contributed by atoms with Crippen LogP contribution in [-0.2, 0) is 11.8 Å². The first-order chi connectivity index (χ1) is 9.20. The predicted molar refractivity (Wildman–Crippen MR) is 84.9 cm³/mol. The number of carbonyl (C=O) groups excluding carboxylic acids is 1. The summed E-state index contributed by atoms with van der Waals surface area (Å²) < 4.78 is 3.17. The Kier molecular flexibility index (Phi) is 3.87. The van der Waals surface area contributed by atoms with Crippen molar-refractivity contribution in [3.8, 4) is 0 Å². The average molecular weight is 290 g/mol. The summed E-state index contributed by atoms with van der Waals surface area (Å²) in [6, 6.07) is 6.46. The van der Waals surface area contributed by atoms with Gasteiger partial charge in [0.1, 0.15) is 0 Å². The van der Waals surface area contributed by atoms with Gasteiger partial charge in [-0.25, -0.2) is 0 Å². The molecule has 108 valence electrons. The van der Waals surface area contributed by atoms with Crippen LogP contribution in [0.15, 0.2) is 23.2 Å². The van der Waals surface area contributed by atoms with Crippen molar-refractivity contribution in [3.05, 3.63) is 28.6 Å². The number of fused-ring (bicyclic) bond motifs is 1. The van der Waals surface area contributed by atoms with Crippen molar-refractivity contribution >= 4 is 27.5 Å². The lowest BCUT2D eigenvalue weighted by atomic mass is 9.96. The maximum absolute atomic E-state index is 12.1. The standard InChI is InChI=1S/C16H22N2OS/c1-10(2)11-7-8-12-13(9-11)20-15(18(12)6)17-14(19)16(3,4)5/h7-10H,1-6H3. The van der Waals surface area contributed by atoms with Crippen LogP contribution in [0.1, 0.15) is 46.1 Å². The topological polar surface area (TPSA) is 34.4 Å². The predicted octanol–water partition coefficient (Wildman–Crippen LogP) is 3.84. The van der Waals surface area contributed by atoms with Gasteiger partial charge >= 0.3 is 0 Å². The smallest absolute Gasteiger partial charge is 0.253 e. The fraction of sp³-hybridized carbons (Fsp3) is 0.500. The molecule has 1 aromatic carbocycles. The molecule has 0 aliphatic heterocycles. The zero-order valence-corrected chi connectivity index (χ0v) is 13.8. The van der Waals surface area contributed by atoms with Crippen LogP contribution in [-0.4, -0.2) is 10.5 Å². The van der Waals surface area contributed by atoms with Crippen LogP contribution in [0.25, 0.3) is 10.2 Å². The van der Waals surface area contributed by atoms with Gasteiger partial charge in [-0.2, -0.15) is 4.99 Å². The van der Waals surface area contributed by atoms with Gasteiger partial charge in [0.2, 0.25) is 0 Å². The van der Waals surface area contributed by atoms with E-state index in [1.165, 1.54) is 10.3 Å². The van der Waals surface area contributed by atoms with Crippen molar-refractivity contribution in [1.29, 1.82) is 0 Å². The Bertz CT molecular complexity index is 714. The molecule has 0 fully saturated rings. The fourth-order valence-electron chi connectivity index (χ4n) is 1.87. The van der Waals surface area contributed by atoms with Crippen LogP contribution in [0.5, 0.6) is 0 Å². The van der Waals surface area contributed by atoms with Crippen LogP contribution >= 0.6 is 11.3 Å². The highest BCUT2D eigenvalue weighted by atomic mass is 32.1. The number of amides is 1. The quantitative estimate of drug-likeness (QED) is 0.786. The number of benzene rings is 1. The molecule has 0 saturated carbocycles. The van der Waals surface area contributed by atoms with Gasteiger partial charge in [0.05, 0.1) is 10.2 Å². The lowest BCUT2D eigenvalue weighted by molar-refractivity contribution is -0.125. The molecule has 2 aromatic rings. The second kappa shape index (κ2) is 5.17. The first-order valence-electron chi connectivity index (χ1n) is 6.89. The third-order valence-electron chi connectivity index (χ3n) is 3.34. The van der Waals surface area contributed by atoms with Crippen LogP contribution in [0.3, 0.4) is 0 Å². The lowest BCUT2D eigenvalue weighted by Crippen LogP contribution is -2.22. The minimum atomic E-state index is -0.438. The Morgan fingerprint density at radius 2 is 1.95 bits per heavy atom. The molecule has 3 nitrogen and oxygen atoms in total. The number of aromatic nitrogens is 1. The molecule has 0 saturated heterocycles. The maximum Gasteiger partial charge on any atom is 0.253 e. The molecule has 0 aliphatic rings. The first-order valence-corrected chi connectivity index (χ1v) is 7.70. The number of hydrogen-bond acceptors (Lipinski definition) is 2. The van der Waals surface area contributed by atoms with Crippen molar-refractivity contribution in [1.82, 2.24) is 4.57 Å². The minimum absolute atomic E-state index is 0.0799. The van der Waals surface area contributed by atoms with Crippen LogP contribution < -0.4 is 4.80 Å². The van der Waals surface area contributed by atoms with E-state index in [4.69, 9.17) is 0 Å². The second-order valence-corrected chi connectivity index (χ2v) is 7.50. The molecule has 1 heterocycles. The van der Waals surface area contributed by atoms with Crippen LogP contribution in [0.2, 0.25) is 0 Å². The summed E-state index contributed by atoms with van der Waals surface area (Å²) in [7, 11) is 1.96. The number of carbonyl (C=O) groups is 1. The highest BCUT2D eigenvalue weighted by molar-refractivity contribution is 7.16. The van der Waals surface area contributed by atoms with E-state index < -0.39 is 5.41 Å². The summed E-state index contributed by atoms with van der Waals surface area (Å²) in [5.74, 6) is 0.423. The van der Waals surface area contributed by atoms with E-state index in [9.17, 15) is 4.79 Å². The summed E-state index contributed by atoms with van der Waals surface area (Å²) in [5.41, 5.74) is 2.00. The van der Waals surface area contributed by atoms with E-state index in [1.807, 2.05) is 32.4 Å². The summed E-state index contributed by atoms with van der Waals surface area (Å²) in [5, 5.41) is 0. The summed E-state index contributed by atoms with van der Waals surface area (Å²) in [6.07, 6.45) is 0. The Morgan fingerprint density at radius 1 is 1.30 bits per heavy atom. The molecular formula is C16H22N2OS. The van der Waals surface area contributed by atoms with Crippen molar-refractivity contribution in [2.45, 2.75) is 40.5 Å². The molecule has 0 radical (unpaired) electrons. The number of hydrogen-bond donors (Lipinski definition) is 0. The van der Waals surface area contributed by atoms with E-state index in [2.05, 4.69) is 37.0 Å². The highest BCUT2D eigenvalue weighted by Gasteiger charge is 2.20.